The average molecular weight is 479 g/mol. The zero-order chi connectivity index (χ0) is 24.4. The molecule has 0 saturated carbocycles. The van der Waals surface area contributed by atoms with Gasteiger partial charge in [0.2, 0.25) is 11.6 Å². The van der Waals surface area contributed by atoms with Crippen molar-refractivity contribution in [3.63, 3.8) is 0 Å². The van der Waals surface area contributed by atoms with Crippen LogP contribution < -0.4 is 14.7 Å². The molecule has 0 bridgehead atoms. The summed E-state index contributed by atoms with van der Waals surface area (Å²) in [6, 6.07) is 10.4. The van der Waals surface area contributed by atoms with E-state index in [9.17, 15) is 20.0 Å². The van der Waals surface area contributed by atoms with Gasteiger partial charge in [-0.2, -0.15) is 0 Å². The van der Waals surface area contributed by atoms with Gasteiger partial charge < -0.3 is 29.1 Å². The van der Waals surface area contributed by atoms with Crippen molar-refractivity contribution in [1.82, 2.24) is 14.9 Å². The molecule has 0 radical (unpaired) electrons. The molecule has 182 valence electrons. The molecule has 0 unspecified atom stereocenters. The first-order valence-corrected chi connectivity index (χ1v) is 11.4. The van der Waals surface area contributed by atoms with Gasteiger partial charge in [0.05, 0.1) is 16.9 Å². The Balaban J connectivity index is 1.31. The van der Waals surface area contributed by atoms with Gasteiger partial charge in [-0.1, -0.05) is 12.1 Å². The first-order valence-electron chi connectivity index (χ1n) is 11.4. The van der Waals surface area contributed by atoms with Gasteiger partial charge in [0.25, 0.3) is 5.91 Å². The fourth-order valence-corrected chi connectivity index (χ4v) is 4.55. The maximum Gasteiger partial charge on any atom is 0.353 e. The number of para-hydroxylation sites is 2. The van der Waals surface area contributed by atoms with Crippen molar-refractivity contribution in [3.8, 4) is 5.75 Å². The lowest BCUT2D eigenvalue weighted by Crippen LogP contribution is -2.49. The second-order valence-corrected chi connectivity index (χ2v) is 8.35. The predicted octanol–water partition coefficient (Wildman–Crippen LogP) is 1.97. The van der Waals surface area contributed by atoms with E-state index in [0.717, 1.165) is 5.69 Å². The van der Waals surface area contributed by atoms with Crippen LogP contribution >= 0.6 is 0 Å². The van der Waals surface area contributed by atoms with Gasteiger partial charge in [-0.05, 0) is 24.3 Å². The monoisotopic (exact) mass is 479 g/mol. The highest BCUT2D eigenvalue weighted by Crippen LogP contribution is 2.36. The van der Waals surface area contributed by atoms with Crippen LogP contribution in [0.5, 0.6) is 5.75 Å². The minimum absolute atomic E-state index is 0.130. The minimum Gasteiger partial charge on any atom is -0.506 e. The number of nitrogens with zero attached hydrogens (tertiary/aromatic N) is 7. The van der Waals surface area contributed by atoms with E-state index >= 15 is 0 Å². The van der Waals surface area contributed by atoms with E-state index in [4.69, 9.17) is 4.42 Å². The number of aromatic nitrogens is 2. The van der Waals surface area contributed by atoms with Gasteiger partial charge in [0.1, 0.15) is 12.1 Å². The van der Waals surface area contributed by atoms with Crippen molar-refractivity contribution >= 4 is 28.9 Å². The molecular formula is C23H25N7O5. The first kappa shape index (κ1) is 22.4. The summed E-state index contributed by atoms with van der Waals surface area (Å²) >= 11 is 0. The number of hydrogen-bond donors (Lipinski definition) is 1. The van der Waals surface area contributed by atoms with Gasteiger partial charge in [-0.15, -0.1) is 0 Å². The maximum absolute atomic E-state index is 12.5. The summed E-state index contributed by atoms with van der Waals surface area (Å²) < 4.78 is 5.20. The van der Waals surface area contributed by atoms with E-state index in [1.165, 1.54) is 12.6 Å². The molecule has 1 amide bonds. The molecule has 0 spiro atoms. The number of carbonyl (C=O) groups excluding carboxylic acids is 1. The highest BCUT2D eigenvalue weighted by molar-refractivity contribution is 5.91. The van der Waals surface area contributed by atoms with Crippen molar-refractivity contribution in [1.29, 1.82) is 0 Å². The molecule has 12 heteroatoms. The Kier molecular flexibility index (Phi) is 6.08. The molecule has 2 aliphatic rings. The average Bonchev–Trinajstić information content (AvgIpc) is 3.43. The van der Waals surface area contributed by atoms with Crippen molar-refractivity contribution in [2.24, 2.45) is 0 Å². The second-order valence-electron chi connectivity index (χ2n) is 8.35. The third-order valence-corrected chi connectivity index (χ3v) is 6.37. The van der Waals surface area contributed by atoms with Crippen LogP contribution in [-0.4, -0.2) is 83.2 Å². The SMILES string of the molecule is O=C(c1ccco1)N1CCN(c2ncnc(N3CCN(c4ccccc4O)CC3)c2[N+](=O)[O-])CC1. The van der Waals surface area contributed by atoms with Crippen molar-refractivity contribution in [2.45, 2.75) is 0 Å². The molecule has 0 atom stereocenters. The Bertz CT molecular complexity index is 1200. The Morgan fingerprint density at radius 3 is 2.06 bits per heavy atom. The zero-order valence-electron chi connectivity index (χ0n) is 19.0. The topological polar surface area (TPSA) is 132 Å². The molecule has 1 N–H and O–H groups in total. The lowest BCUT2D eigenvalue weighted by Gasteiger charge is -2.37. The highest BCUT2D eigenvalue weighted by Gasteiger charge is 2.34. The summed E-state index contributed by atoms with van der Waals surface area (Å²) in [5, 5.41) is 22.3. The van der Waals surface area contributed by atoms with Gasteiger partial charge >= 0.3 is 5.69 Å². The number of carbonyl (C=O) groups is 1. The number of furan rings is 1. The number of nitro groups is 1. The number of rotatable bonds is 5. The number of anilines is 3. The maximum atomic E-state index is 12.5. The Morgan fingerprint density at radius 1 is 0.886 bits per heavy atom. The van der Waals surface area contributed by atoms with E-state index < -0.39 is 4.92 Å². The molecule has 3 aromatic rings. The number of amides is 1. The fourth-order valence-electron chi connectivity index (χ4n) is 4.55. The van der Waals surface area contributed by atoms with E-state index in [1.54, 1.807) is 29.2 Å². The molecule has 2 saturated heterocycles. The number of aromatic hydroxyl groups is 1. The number of phenolic OH excluding ortho intramolecular Hbond substituents is 1. The quantitative estimate of drug-likeness (QED) is 0.428. The lowest BCUT2D eigenvalue weighted by molar-refractivity contribution is -0.383. The number of benzene rings is 1. The van der Waals surface area contributed by atoms with Crippen LogP contribution in [0.4, 0.5) is 23.0 Å². The van der Waals surface area contributed by atoms with E-state index in [-0.39, 0.29) is 34.7 Å². The minimum atomic E-state index is -0.430. The molecule has 2 aliphatic heterocycles. The highest BCUT2D eigenvalue weighted by atomic mass is 16.6. The van der Waals surface area contributed by atoms with Gasteiger partial charge in [-0.25, -0.2) is 9.97 Å². The van der Waals surface area contributed by atoms with Crippen LogP contribution in [0, 0.1) is 10.1 Å². The molecule has 1 aromatic carbocycles. The van der Waals surface area contributed by atoms with E-state index in [1.807, 2.05) is 21.9 Å². The summed E-state index contributed by atoms with van der Waals surface area (Å²) in [6.07, 6.45) is 2.81. The van der Waals surface area contributed by atoms with Crippen LogP contribution in [0.25, 0.3) is 0 Å². The van der Waals surface area contributed by atoms with Crippen LogP contribution in [0.15, 0.2) is 53.4 Å². The van der Waals surface area contributed by atoms with Crippen LogP contribution in [-0.2, 0) is 0 Å². The zero-order valence-corrected chi connectivity index (χ0v) is 19.0. The molecule has 12 nitrogen and oxygen atoms in total. The van der Waals surface area contributed by atoms with Gasteiger partial charge in [0, 0.05) is 52.4 Å². The first-order chi connectivity index (χ1) is 17.0. The molecule has 5 rings (SSSR count). The summed E-state index contributed by atoms with van der Waals surface area (Å²) in [4.78, 5) is 40.2. The molecule has 2 fully saturated rings. The third-order valence-electron chi connectivity index (χ3n) is 6.37. The van der Waals surface area contributed by atoms with Crippen LogP contribution in [0.2, 0.25) is 0 Å². The van der Waals surface area contributed by atoms with Crippen molar-refractivity contribution in [3.05, 3.63) is 64.9 Å². The Labute approximate surface area is 201 Å². The number of phenols is 1. The van der Waals surface area contributed by atoms with Crippen molar-refractivity contribution < 1.29 is 19.2 Å². The molecule has 35 heavy (non-hydrogen) atoms. The number of piperazine rings is 2. The van der Waals surface area contributed by atoms with Crippen molar-refractivity contribution in [2.75, 3.05) is 67.1 Å². The van der Waals surface area contributed by atoms with E-state index in [2.05, 4.69) is 14.9 Å². The summed E-state index contributed by atoms with van der Waals surface area (Å²) in [5.41, 5.74) is 0.612. The standard InChI is InChI=1S/C23H25N7O5/c31-18-5-2-1-4-17(18)26-7-9-27(10-8-26)21-20(30(33)34)22(25-16-24-21)28-11-13-29(14-12-28)23(32)19-6-3-15-35-19/h1-6,15-16,31H,7-14H2. The lowest BCUT2D eigenvalue weighted by atomic mass is 10.2. The molecule has 0 aliphatic carbocycles. The molecule has 2 aromatic heterocycles. The smallest absolute Gasteiger partial charge is 0.353 e. The second kappa shape index (κ2) is 9.49. The predicted molar refractivity (Wildman–Crippen MR) is 128 cm³/mol. The van der Waals surface area contributed by atoms with Gasteiger partial charge in [0.15, 0.2) is 5.76 Å². The molecule has 4 heterocycles. The van der Waals surface area contributed by atoms with Crippen LogP contribution in [0.1, 0.15) is 10.6 Å². The normalized spacial score (nSPS) is 16.5. The largest absolute Gasteiger partial charge is 0.506 e. The fraction of sp³-hybridized carbons (Fsp3) is 0.348. The van der Waals surface area contributed by atoms with E-state index in [0.29, 0.717) is 52.4 Å². The number of hydrogen-bond acceptors (Lipinski definition) is 10. The van der Waals surface area contributed by atoms with Crippen LogP contribution in [0.3, 0.4) is 0 Å². The summed E-state index contributed by atoms with van der Waals surface area (Å²) in [5.74, 6) is 0.826. The summed E-state index contributed by atoms with van der Waals surface area (Å²) in [7, 11) is 0. The Morgan fingerprint density at radius 2 is 1.49 bits per heavy atom. The Hall–Kier alpha value is -4.35. The summed E-state index contributed by atoms with van der Waals surface area (Å²) in [6.45, 7) is 3.80. The van der Waals surface area contributed by atoms with Gasteiger partial charge in [-0.3, -0.25) is 14.9 Å². The third kappa shape index (κ3) is 4.42. The molecular weight excluding hydrogens is 454 g/mol.